The van der Waals surface area contributed by atoms with Crippen LogP contribution in [-0.4, -0.2) is 18.7 Å². The third-order valence-corrected chi connectivity index (χ3v) is 2.21. The van der Waals surface area contributed by atoms with Crippen LogP contribution in [0.4, 0.5) is 0 Å². The van der Waals surface area contributed by atoms with Crippen LogP contribution in [0.3, 0.4) is 0 Å². The molecule has 1 amide bonds. The quantitative estimate of drug-likeness (QED) is 0.752. The lowest BCUT2D eigenvalue weighted by Gasteiger charge is -2.11. The molecule has 3 nitrogen and oxygen atoms in total. The number of hydrogen-bond acceptors (Lipinski definition) is 2. The summed E-state index contributed by atoms with van der Waals surface area (Å²) >= 11 is 0. The van der Waals surface area contributed by atoms with Crippen molar-refractivity contribution in [2.45, 2.75) is 26.4 Å². The van der Waals surface area contributed by atoms with Crippen LogP contribution < -0.4 is 5.32 Å². The standard InChI is InChI=1S/C12H17NO2/c1-3-10(2)15-9-13-12(14)11-7-5-4-6-8-11/h4-8,10H,3,9H2,1-2H3,(H,13,14). The fourth-order valence-corrected chi connectivity index (χ4v) is 1.06. The molecule has 1 unspecified atom stereocenters. The molecule has 0 aliphatic heterocycles. The molecule has 0 fully saturated rings. The van der Waals surface area contributed by atoms with Crippen molar-refractivity contribution < 1.29 is 9.53 Å². The Morgan fingerprint density at radius 1 is 1.40 bits per heavy atom. The van der Waals surface area contributed by atoms with Gasteiger partial charge in [0.25, 0.3) is 5.91 Å². The molecule has 1 atom stereocenters. The van der Waals surface area contributed by atoms with Crippen LogP contribution in [0.15, 0.2) is 30.3 Å². The monoisotopic (exact) mass is 207 g/mol. The van der Waals surface area contributed by atoms with Gasteiger partial charge >= 0.3 is 0 Å². The van der Waals surface area contributed by atoms with Gasteiger partial charge in [0.05, 0.1) is 6.10 Å². The van der Waals surface area contributed by atoms with Crippen LogP contribution in [-0.2, 0) is 4.74 Å². The van der Waals surface area contributed by atoms with E-state index in [-0.39, 0.29) is 18.7 Å². The van der Waals surface area contributed by atoms with Crippen LogP contribution in [0, 0.1) is 0 Å². The first kappa shape index (κ1) is 11.7. The van der Waals surface area contributed by atoms with Crippen molar-refractivity contribution in [1.29, 1.82) is 0 Å². The first-order valence-electron chi connectivity index (χ1n) is 5.19. The SMILES string of the molecule is CCC(C)OCNC(=O)c1ccccc1. The molecule has 1 N–H and O–H groups in total. The van der Waals surface area contributed by atoms with Crippen molar-refractivity contribution >= 4 is 5.91 Å². The highest BCUT2D eigenvalue weighted by molar-refractivity contribution is 5.93. The number of nitrogens with one attached hydrogen (secondary N) is 1. The van der Waals surface area contributed by atoms with Gasteiger partial charge in [-0.1, -0.05) is 25.1 Å². The lowest BCUT2D eigenvalue weighted by atomic mass is 10.2. The van der Waals surface area contributed by atoms with Gasteiger partial charge in [-0.05, 0) is 25.5 Å². The van der Waals surface area contributed by atoms with Crippen molar-refractivity contribution in [1.82, 2.24) is 5.32 Å². The summed E-state index contributed by atoms with van der Waals surface area (Å²) in [5.74, 6) is -0.0982. The summed E-state index contributed by atoms with van der Waals surface area (Å²) in [6, 6.07) is 9.11. The average Bonchev–Trinajstić information content (AvgIpc) is 2.29. The molecule has 0 spiro atoms. The molecular formula is C12H17NO2. The van der Waals surface area contributed by atoms with Gasteiger partial charge in [-0.15, -0.1) is 0 Å². The summed E-state index contributed by atoms with van der Waals surface area (Å²) < 4.78 is 5.35. The second kappa shape index (κ2) is 6.19. The Bertz CT molecular complexity index is 298. The third-order valence-electron chi connectivity index (χ3n) is 2.21. The van der Waals surface area contributed by atoms with E-state index < -0.39 is 0 Å². The Morgan fingerprint density at radius 3 is 2.67 bits per heavy atom. The molecule has 82 valence electrons. The fourth-order valence-electron chi connectivity index (χ4n) is 1.06. The van der Waals surface area contributed by atoms with Crippen molar-refractivity contribution in [2.75, 3.05) is 6.73 Å². The molecule has 1 aromatic carbocycles. The van der Waals surface area contributed by atoms with E-state index >= 15 is 0 Å². The average molecular weight is 207 g/mol. The van der Waals surface area contributed by atoms with Crippen LogP contribution in [0.1, 0.15) is 30.6 Å². The Labute approximate surface area is 90.4 Å². The van der Waals surface area contributed by atoms with Gasteiger partial charge in [0.15, 0.2) is 0 Å². The van der Waals surface area contributed by atoms with E-state index in [0.29, 0.717) is 5.56 Å². The van der Waals surface area contributed by atoms with Crippen molar-refractivity contribution in [2.24, 2.45) is 0 Å². The highest BCUT2D eigenvalue weighted by Crippen LogP contribution is 1.98. The van der Waals surface area contributed by atoms with Gasteiger partial charge in [0.2, 0.25) is 0 Å². The minimum atomic E-state index is -0.0982. The molecule has 0 aliphatic carbocycles. The molecule has 0 saturated heterocycles. The van der Waals surface area contributed by atoms with E-state index in [9.17, 15) is 4.79 Å². The smallest absolute Gasteiger partial charge is 0.253 e. The maximum Gasteiger partial charge on any atom is 0.253 e. The summed E-state index contributed by atoms with van der Waals surface area (Å²) in [7, 11) is 0. The second-order valence-electron chi connectivity index (χ2n) is 3.40. The first-order chi connectivity index (χ1) is 7.24. The number of ether oxygens (including phenoxy) is 1. The summed E-state index contributed by atoms with van der Waals surface area (Å²) in [6.07, 6.45) is 1.13. The second-order valence-corrected chi connectivity index (χ2v) is 3.40. The van der Waals surface area contributed by atoms with E-state index in [2.05, 4.69) is 5.32 Å². The predicted molar refractivity (Wildman–Crippen MR) is 59.6 cm³/mol. The van der Waals surface area contributed by atoms with E-state index in [1.807, 2.05) is 32.0 Å². The molecule has 0 saturated carbocycles. The largest absolute Gasteiger partial charge is 0.358 e. The van der Waals surface area contributed by atoms with Gasteiger partial charge < -0.3 is 10.1 Å². The summed E-state index contributed by atoms with van der Waals surface area (Å²) in [5, 5.41) is 2.70. The molecule has 0 aromatic heterocycles. The number of benzene rings is 1. The minimum Gasteiger partial charge on any atom is -0.358 e. The van der Waals surface area contributed by atoms with Crippen molar-refractivity contribution in [3.8, 4) is 0 Å². The highest BCUT2D eigenvalue weighted by Gasteiger charge is 2.04. The topological polar surface area (TPSA) is 38.3 Å². The molecule has 0 aliphatic rings. The first-order valence-corrected chi connectivity index (χ1v) is 5.19. The molecule has 0 bridgehead atoms. The van der Waals surface area contributed by atoms with Gasteiger partial charge in [-0.2, -0.15) is 0 Å². The predicted octanol–water partition coefficient (Wildman–Crippen LogP) is 2.19. The normalized spacial score (nSPS) is 12.1. The summed E-state index contributed by atoms with van der Waals surface area (Å²) in [4.78, 5) is 11.5. The van der Waals surface area contributed by atoms with Crippen LogP contribution >= 0.6 is 0 Å². The molecule has 15 heavy (non-hydrogen) atoms. The highest BCUT2D eigenvalue weighted by atomic mass is 16.5. The molecule has 0 heterocycles. The molecule has 0 radical (unpaired) electrons. The van der Waals surface area contributed by atoms with Crippen LogP contribution in [0.25, 0.3) is 0 Å². The Kier molecular flexibility index (Phi) is 4.84. The minimum absolute atomic E-state index is 0.0982. The Hall–Kier alpha value is -1.35. The van der Waals surface area contributed by atoms with Crippen LogP contribution in [0.2, 0.25) is 0 Å². The van der Waals surface area contributed by atoms with E-state index in [0.717, 1.165) is 6.42 Å². The van der Waals surface area contributed by atoms with Gasteiger partial charge in [-0.3, -0.25) is 4.79 Å². The Balaban J connectivity index is 2.31. The molecular weight excluding hydrogens is 190 g/mol. The number of rotatable bonds is 5. The van der Waals surface area contributed by atoms with E-state index in [1.165, 1.54) is 0 Å². The lowest BCUT2D eigenvalue weighted by molar-refractivity contribution is 0.0458. The summed E-state index contributed by atoms with van der Waals surface area (Å²) in [5.41, 5.74) is 0.658. The zero-order valence-electron chi connectivity index (χ0n) is 9.19. The number of carbonyl (C=O) groups is 1. The Morgan fingerprint density at radius 2 is 2.07 bits per heavy atom. The summed E-state index contributed by atoms with van der Waals surface area (Å²) in [6.45, 7) is 4.29. The maximum absolute atomic E-state index is 11.5. The van der Waals surface area contributed by atoms with Crippen LogP contribution in [0.5, 0.6) is 0 Å². The lowest BCUT2D eigenvalue weighted by Crippen LogP contribution is -2.28. The van der Waals surface area contributed by atoms with E-state index in [1.54, 1.807) is 12.1 Å². The van der Waals surface area contributed by atoms with Gasteiger partial charge in [-0.25, -0.2) is 0 Å². The van der Waals surface area contributed by atoms with Gasteiger partial charge in [0, 0.05) is 5.56 Å². The van der Waals surface area contributed by atoms with Crippen molar-refractivity contribution in [3.05, 3.63) is 35.9 Å². The zero-order valence-corrected chi connectivity index (χ0v) is 9.19. The molecule has 1 aromatic rings. The third kappa shape index (κ3) is 4.13. The number of amides is 1. The molecule has 3 heteroatoms. The fraction of sp³-hybridized carbons (Fsp3) is 0.417. The zero-order chi connectivity index (χ0) is 11.1. The number of carbonyl (C=O) groups excluding carboxylic acids is 1. The van der Waals surface area contributed by atoms with Crippen molar-refractivity contribution in [3.63, 3.8) is 0 Å². The molecule has 1 rings (SSSR count). The number of hydrogen-bond donors (Lipinski definition) is 1. The van der Waals surface area contributed by atoms with E-state index in [4.69, 9.17) is 4.74 Å². The maximum atomic E-state index is 11.5. The van der Waals surface area contributed by atoms with Gasteiger partial charge in [0.1, 0.15) is 6.73 Å².